The fourth-order valence-electron chi connectivity index (χ4n) is 0.526. The molecule has 1 aromatic carbocycles. The fourth-order valence-corrected chi connectivity index (χ4v) is 0.696. The molecule has 0 atom stereocenters. The third kappa shape index (κ3) is 6.29. The van der Waals surface area contributed by atoms with Gasteiger partial charge in [0.2, 0.25) is 0 Å². The van der Waals surface area contributed by atoms with Crippen molar-refractivity contribution in [1.82, 2.24) is 0 Å². The van der Waals surface area contributed by atoms with Crippen LogP contribution in [0.4, 0.5) is 5.69 Å². The van der Waals surface area contributed by atoms with Crippen LogP contribution < -0.4 is 0 Å². The average molecular weight is 202 g/mol. The highest BCUT2D eigenvalue weighted by atomic mass is 35.5. The van der Waals surface area contributed by atoms with E-state index < -0.39 is 0 Å². The number of hydrogen-bond acceptors (Lipinski definition) is 2. The smallest absolute Gasteiger partial charge is 0.126 e. The summed E-state index contributed by atoms with van der Waals surface area (Å²) < 4.78 is 0. The van der Waals surface area contributed by atoms with Gasteiger partial charge >= 0.3 is 0 Å². The zero-order chi connectivity index (χ0) is 10.7. The number of nitrogens with zero attached hydrogens (tertiary/aromatic N) is 1. The predicted molar refractivity (Wildman–Crippen MR) is 59.6 cm³/mol. The summed E-state index contributed by atoms with van der Waals surface area (Å²) in [6.07, 6.45) is 0. The molecule has 0 heterocycles. The molecule has 0 saturated heterocycles. The van der Waals surface area contributed by atoms with Gasteiger partial charge in [-0.25, -0.2) is 0 Å². The largest absolute Gasteiger partial charge is 0.145 e. The molecule has 0 aliphatic rings. The van der Waals surface area contributed by atoms with Crippen molar-refractivity contribution in [2.24, 2.45) is 5.18 Å². The van der Waals surface area contributed by atoms with Gasteiger partial charge in [-0.3, -0.25) is 0 Å². The van der Waals surface area contributed by atoms with Crippen molar-refractivity contribution >= 4 is 17.3 Å². The van der Waals surface area contributed by atoms with Crippen molar-refractivity contribution in [3.05, 3.63) is 34.2 Å². The van der Waals surface area contributed by atoms with Gasteiger partial charge in [-0.1, -0.05) is 51.4 Å². The zero-order valence-electron chi connectivity index (χ0n) is 8.54. The summed E-state index contributed by atoms with van der Waals surface area (Å²) in [6, 6.07) is 6.65. The summed E-state index contributed by atoms with van der Waals surface area (Å²) in [5.41, 5.74) is 0.291. The Bertz CT molecular complexity index is 226. The number of rotatable bonds is 1. The van der Waals surface area contributed by atoms with Gasteiger partial charge in [0.1, 0.15) is 5.69 Å². The molecular formula is C10H16ClNO. The van der Waals surface area contributed by atoms with Gasteiger partial charge in [0.15, 0.2) is 0 Å². The average Bonchev–Trinajstić information content (AvgIpc) is 2.24. The molecule has 13 heavy (non-hydrogen) atoms. The Morgan fingerprint density at radius 1 is 1.08 bits per heavy atom. The van der Waals surface area contributed by atoms with E-state index in [1.165, 1.54) is 0 Å². The molecule has 0 fully saturated rings. The predicted octanol–water partition coefficient (Wildman–Crippen LogP) is 4.79. The van der Waals surface area contributed by atoms with E-state index in [2.05, 4.69) is 5.18 Å². The Hall–Kier alpha value is -0.890. The van der Waals surface area contributed by atoms with E-state index >= 15 is 0 Å². The third-order valence-electron chi connectivity index (χ3n) is 0.951. The molecule has 0 aliphatic carbocycles. The normalized spacial score (nSPS) is 7.15. The first kappa shape index (κ1) is 14.6. The van der Waals surface area contributed by atoms with Crippen LogP contribution in [0.15, 0.2) is 29.4 Å². The molecule has 0 unspecified atom stereocenters. The highest BCUT2D eigenvalue weighted by molar-refractivity contribution is 6.32. The number of nitroso groups, excluding NO2 is 1. The zero-order valence-corrected chi connectivity index (χ0v) is 9.30. The minimum atomic E-state index is 0.291. The van der Waals surface area contributed by atoms with E-state index in [0.717, 1.165) is 0 Å². The number of hydrogen-bond donors (Lipinski definition) is 0. The van der Waals surface area contributed by atoms with Crippen LogP contribution in [0.25, 0.3) is 0 Å². The van der Waals surface area contributed by atoms with E-state index in [4.69, 9.17) is 11.6 Å². The van der Waals surface area contributed by atoms with E-state index in [0.29, 0.717) is 10.7 Å². The molecular weight excluding hydrogens is 186 g/mol. The summed E-state index contributed by atoms with van der Waals surface area (Å²) in [5, 5.41) is 3.08. The number of benzene rings is 1. The molecule has 0 saturated carbocycles. The number of halogens is 1. The van der Waals surface area contributed by atoms with Crippen molar-refractivity contribution in [2.45, 2.75) is 27.7 Å². The summed E-state index contributed by atoms with van der Waals surface area (Å²) in [5.74, 6) is 0. The standard InChI is InChI=1S/C6H4ClNO.2C2H6/c7-5-3-1-2-4-6(5)8-9;2*1-2/h1-4H;2*1-2H3. The maximum absolute atomic E-state index is 9.89. The molecule has 2 nitrogen and oxygen atoms in total. The summed E-state index contributed by atoms with van der Waals surface area (Å²) in [7, 11) is 0. The quantitative estimate of drug-likeness (QED) is 0.601. The molecule has 0 bridgehead atoms. The molecule has 0 spiro atoms. The van der Waals surface area contributed by atoms with Gasteiger partial charge in [0.25, 0.3) is 0 Å². The van der Waals surface area contributed by atoms with Crippen molar-refractivity contribution < 1.29 is 0 Å². The lowest BCUT2D eigenvalue weighted by molar-refractivity contribution is 1.50. The Kier molecular flexibility index (Phi) is 12.5. The van der Waals surface area contributed by atoms with E-state index in [1.807, 2.05) is 27.7 Å². The highest BCUT2D eigenvalue weighted by Crippen LogP contribution is 2.22. The van der Waals surface area contributed by atoms with Gasteiger partial charge in [0, 0.05) is 0 Å². The Morgan fingerprint density at radius 2 is 1.54 bits per heavy atom. The van der Waals surface area contributed by atoms with Crippen molar-refractivity contribution in [2.75, 3.05) is 0 Å². The SMILES string of the molecule is CC.CC.O=Nc1ccccc1Cl. The van der Waals surface area contributed by atoms with Crippen LogP contribution in [0.2, 0.25) is 5.02 Å². The van der Waals surface area contributed by atoms with E-state index in [9.17, 15) is 4.91 Å². The lowest BCUT2D eigenvalue weighted by Crippen LogP contribution is -1.62. The first-order chi connectivity index (χ1) is 6.34. The second-order valence-electron chi connectivity index (χ2n) is 1.54. The fraction of sp³-hybridized carbons (Fsp3) is 0.400. The summed E-state index contributed by atoms with van der Waals surface area (Å²) in [6.45, 7) is 8.00. The molecule has 0 radical (unpaired) electrons. The van der Waals surface area contributed by atoms with Crippen LogP contribution in [0.5, 0.6) is 0 Å². The first-order valence-corrected chi connectivity index (χ1v) is 4.80. The van der Waals surface area contributed by atoms with Gasteiger partial charge < -0.3 is 0 Å². The van der Waals surface area contributed by atoms with Crippen molar-refractivity contribution in [1.29, 1.82) is 0 Å². The van der Waals surface area contributed by atoms with E-state index in [1.54, 1.807) is 24.3 Å². The lowest BCUT2D eigenvalue weighted by atomic mass is 10.3. The molecule has 3 heteroatoms. The van der Waals surface area contributed by atoms with E-state index in [-0.39, 0.29) is 0 Å². The topological polar surface area (TPSA) is 29.4 Å². The Morgan fingerprint density at radius 3 is 1.85 bits per heavy atom. The minimum absolute atomic E-state index is 0.291. The van der Waals surface area contributed by atoms with Gasteiger partial charge in [-0.2, -0.15) is 0 Å². The van der Waals surface area contributed by atoms with Crippen molar-refractivity contribution in [3.8, 4) is 0 Å². The Labute approximate surface area is 84.9 Å². The molecule has 74 valence electrons. The van der Waals surface area contributed by atoms with Crippen LogP contribution in [-0.4, -0.2) is 0 Å². The van der Waals surface area contributed by atoms with Crippen LogP contribution in [0, 0.1) is 4.91 Å². The monoisotopic (exact) mass is 201 g/mol. The highest BCUT2D eigenvalue weighted by Gasteiger charge is 1.94. The van der Waals surface area contributed by atoms with Crippen LogP contribution in [-0.2, 0) is 0 Å². The maximum Gasteiger partial charge on any atom is 0.126 e. The molecule has 0 aliphatic heterocycles. The van der Waals surface area contributed by atoms with Crippen molar-refractivity contribution in [3.63, 3.8) is 0 Å². The second-order valence-corrected chi connectivity index (χ2v) is 1.95. The maximum atomic E-state index is 9.89. The van der Waals surface area contributed by atoms with Gasteiger partial charge in [-0.15, -0.1) is 4.91 Å². The Balaban J connectivity index is 0. The van der Waals surface area contributed by atoms with Gasteiger partial charge in [-0.05, 0) is 17.3 Å². The summed E-state index contributed by atoms with van der Waals surface area (Å²) >= 11 is 5.53. The first-order valence-electron chi connectivity index (χ1n) is 4.42. The molecule has 0 aromatic heterocycles. The van der Waals surface area contributed by atoms with Gasteiger partial charge in [0.05, 0.1) is 5.02 Å². The molecule has 0 N–H and O–H groups in total. The third-order valence-corrected chi connectivity index (χ3v) is 1.27. The van der Waals surface area contributed by atoms with Crippen LogP contribution in [0.1, 0.15) is 27.7 Å². The minimum Gasteiger partial charge on any atom is -0.145 e. The lowest BCUT2D eigenvalue weighted by Gasteiger charge is -1.88. The molecule has 1 rings (SSSR count). The second kappa shape index (κ2) is 11.1. The van der Waals surface area contributed by atoms with Crippen LogP contribution >= 0.6 is 11.6 Å². The van der Waals surface area contributed by atoms with Crippen LogP contribution in [0.3, 0.4) is 0 Å². The summed E-state index contributed by atoms with van der Waals surface area (Å²) in [4.78, 5) is 9.89. The molecule has 0 amide bonds. The molecule has 1 aromatic rings.